The first-order valence-electron chi connectivity index (χ1n) is 5.01. The van der Waals surface area contributed by atoms with E-state index in [2.05, 4.69) is 6.08 Å². The van der Waals surface area contributed by atoms with E-state index in [4.69, 9.17) is 0 Å². The molecule has 0 bridgehead atoms. The van der Waals surface area contributed by atoms with Gasteiger partial charge in [-0.1, -0.05) is 30.9 Å². The van der Waals surface area contributed by atoms with Gasteiger partial charge in [0.15, 0.2) is 0 Å². The van der Waals surface area contributed by atoms with Crippen LogP contribution in [0.3, 0.4) is 0 Å². The molecule has 61 valence electrons. The highest BCUT2D eigenvalue weighted by Crippen LogP contribution is 2.36. The monoisotopic (exact) mass is 149 g/mol. The largest absolute Gasteiger partial charge is 0.0847 e. The Morgan fingerprint density at radius 2 is 1.64 bits per heavy atom. The van der Waals surface area contributed by atoms with Crippen molar-refractivity contribution in [3.05, 3.63) is 17.6 Å². The van der Waals surface area contributed by atoms with E-state index in [1.165, 1.54) is 51.4 Å². The van der Waals surface area contributed by atoms with E-state index in [0.29, 0.717) is 0 Å². The molecule has 0 spiro atoms. The fraction of sp³-hybridized carbons (Fsp3) is 0.727. The standard InChI is InChI=1S/C11H17/c1-2-6-10(7-3-1)11-8-4-5-9-11/h8H,1-7,9H2. The van der Waals surface area contributed by atoms with Crippen LogP contribution in [0.2, 0.25) is 0 Å². The summed E-state index contributed by atoms with van der Waals surface area (Å²) in [5.74, 6) is 1.80. The van der Waals surface area contributed by atoms with Crippen molar-refractivity contribution in [1.29, 1.82) is 0 Å². The van der Waals surface area contributed by atoms with Crippen molar-refractivity contribution in [2.24, 2.45) is 0 Å². The lowest BCUT2D eigenvalue weighted by Crippen LogP contribution is -2.05. The Morgan fingerprint density at radius 1 is 0.818 bits per heavy atom. The molecule has 0 amide bonds. The number of rotatable bonds is 1. The summed E-state index contributed by atoms with van der Waals surface area (Å²) in [5, 5.41) is 0. The molecule has 1 radical (unpaired) electrons. The van der Waals surface area contributed by atoms with Crippen molar-refractivity contribution in [3.8, 4) is 0 Å². The maximum Gasteiger partial charge on any atom is 0.000545 e. The van der Waals surface area contributed by atoms with E-state index in [0.717, 1.165) is 0 Å². The second kappa shape index (κ2) is 3.42. The quantitative estimate of drug-likeness (QED) is 0.534. The van der Waals surface area contributed by atoms with E-state index in [9.17, 15) is 0 Å². The summed E-state index contributed by atoms with van der Waals surface area (Å²) in [5.41, 5.74) is 1.73. The number of hydrogen-bond acceptors (Lipinski definition) is 0. The molecular formula is C11H17. The molecule has 2 rings (SSSR count). The second-order valence-corrected chi connectivity index (χ2v) is 3.79. The Balaban J connectivity index is 1.92. The van der Waals surface area contributed by atoms with Crippen molar-refractivity contribution >= 4 is 0 Å². The zero-order valence-corrected chi connectivity index (χ0v) is 7.23. The van der Waals surface area contributed by atoms with Crippen LogP contribution >= 0.6 is 0 Å². The number of allylic oxidation sites excluding steroid dienone is 2. The van der Waals surface area contributed by atoms with E-state index in [1.54, 1.807) is 11.5 Å². The second-order valence-electron chi connectivity index (χ2n) is 3.79. The molecule has 0 nitrogen and oxygen atoms in total. The molecule has 1 saturated carbocycles. The van der Waals surface area contributed by atoms with Gasteiger partial charge in [-0.25, -0.2) is 0 Å². The topological polar surface area (TPSA) is 0 Å². The van der Waals surface area contributed by atoms with Crippen LogP contribution in [0.25, 0.3) is 0 Å². The maximum atomic E-state index is 2.47. The normalized spacial score (nSPS) is 27.1. The zero-order chi connectivity index (χ0) is 7.52. The van der Waals surface area contributed by atoms with Crippen molar-refractivity contribution < 1.29 is 0 Å². The Hall–Kier alpha value is -0.260. The Bertz CT molecular complexity index is 149. The van der Waals surface area contributed by atoms with Crippen LogP contribution in [-0.4, -0.2) is 0 Å². The van der Waals surface area contributed by atoms with Gasteiger partial charge in [0.25, 0.3) is 0 Å². The predicted molar refractivity (Wildman–Crippen MR) is 48.3 cm³/mol. The van der Waals surface area contributed by atoms with Gasteiger partial charge in [0.05, 0.1) is 0 Å². The summed E-state index contributed by atoms with van der Waals surface area (Å²) in [7, 11) is 0. The molecule has 0 aliphatic heterocycles. The van der Waals surface area contributed by atoms with Gasteiger partial charge < -0.3 is 0 Å². The third-order valence-corrected chi connectivity index (χ3v) is 2.95. The summed E-state index contributed by atoms with van der Waals surface area (Å²) in [6, 6.07) is 0. The summed E-state index contributed by atoms with van der Waals surface area (Å²) in [4.78, 5) is 0. The molecule has 0 atom stereocenters. The van der Waals surface area contributed by atoms with Crippen LogP contribution in [0.15, 0.2) is 11.6 Å². The van der Waals surface area contributed by atoms with Crippen molar-refractivity contribution in [3.63, 3.8) is 0 Å². The molecule has 0 aromatic carbocycles. The minimum Gasteiger partial charge on any atom is -0.0847 e. The molecular weight excluding hydrogens is 132 g/mol. The van der Waals surface area contributed by atoms with E-state index in [1.807, 2.05) is 0 Å². The first-order valence-corrected chi connectivity index (χ1v) is 5.01. The van der Waals surface area contributed by atoms with Gasteiger partial charge >= 0.3 is 0 Å². The Kier molecular flexibility index (Phi) is 2.30. The maximum absolute atomic E-state index is 2.47. The average Bonchev–Trinajstić information content (AvgIpc) is 2.58. The van der Waals surface area contributed by atoms with Gasteiger partial charge in [0.2, 0.25) is 0 Å². The van der Waals surface area contributed by atoms with Gasteiger partial charge in [0, 0.05) is 5.92 Å². The molecule has 0 aromatic heterocycles. The van der Waals surface area contributed by atoms with Crippen LogP contribution in [0.1, 0.15) is 51.4 Å². The van der Waals surface area contributed by atoms with Crippen LogP contribution < -0.4 is 0 Å². The Labute approximate surface area is 69.7 Å². The minimum atomic E-state index is 1.35. The molecule has 2 aliphatic rings. The van der Waals surface area contributed by atoms with Crippen molar-refractivity contribution in [2.75, 3.05) is 0 Å². The van der Waals surface area contributed by atoms with E-state index in [-0.39, 0.29) is 0 Å². The summed E-state index contributed by atoms with van der Waals surface area (Å²) in [6.07, 6.45) is 13.8. The molecule has 11 heavy (non-hydrogen) atoms. The van der Waals surface area contributed by atoms with Gasteiger partial charge in [-0.2, -0.15) is 0 Å². The molecule has 0 saturated heterocycles. The average molecular weight is 149 g/mol. The fourth-order valence-electron chi connectivity index (χ4n) is 2.29. The summed E-state index contributed by atoms with van der Waals surface area (Å²) in [6.45, 7) is 0. The lowest BCUT2D eigenvalue weighted by atomic mass is 9.83. The zero-order valence-electron chi connectivity index (χ0n) is 7.23. The lowest BCUT2D eigenvalue weighted by Gasteiger charge is -2.21. The highest BCUT2D eigenvalue weighted by Gasteiger charge is 2.19. The SMILES string of the molecule is C1=C([C]2CCCCC2)CCC1. The molecule has 0 heteroatoms. The van der Waals surface area contributed by atoms with Crippen molar-refractivity contribution in [2.45, 2.75) is 51.4 Å². The third kappa shape index (κ3) is 1.66. The molecule has 1 fully saturated rings. The van der Waals surface area contributed by atoms with Crippen LogP contribution in [-0.2, 0) is 0 Å². The lowest BCUT2D eigenvalue weighted by molar-refractivity contribution is 0.543. The van der Waals surface area contributed by atoms with Gasteiger partial charge in [-0.05, 0) is 32.1 Å². The van der Waals surface area contributed by atoms with Gasteiger partial charge in [-0.3, -0.25) is 0 Å². The molecule has 0 unspecified atom stereocenters. The highest BCUT2D eigenvalue weighted by molar-refractivity contribution is 5.27. The fourth-order valence-corrected chi connectivity index (χ4v) is 2.29. The smallest absolute Gasteiger partial charge is 0.000545 e. The first kappa shape index (κ1) is 7.39. The predicted octanol–water partition coefficient (Wildman–Crippen LogP) is 3.64. The Morgan fingerprint density at radius 3 is 2.27 bits per heavy atom. The molecule has 2 aliphatic carbocycles. The van der Waals surface area contributed by atoms with Gasteiger partial charge in [0.1, 0.15) is 0 Å². The van der Waals surface area contributed by atoms with Crippen LogP contribution in [0.5, 0.6) is 0 Å². The minimum absolute atomic E-state index is 1.35. The molecule has 0 N–H and O–H groups in total. The van der Waals surface area contributed by atoms with Crippen molar-refractivity contribution in [1.82, 2.24) is 0 Å². The van der Waals surface area contributed by atoms with E-state index >= 15 is 0 Å². The first-order chi connectivity index (χ1) is 5.47. The summed E-state index contributed by atoms with van der Waals surface area (Å²) >= 11 is 0. The van der Waals surface area contributed by atoms with Gasteiger partial charge in [-0.15, -0.1) is 0 Å². The highest BCUT2D eigenvalue weighted by atomic mass is 14.2. The molecule has 0 aromatic rings. The molecule has 0 heterocycles. The summed E-state index contributed by atoms with van der Waals surface area (Å²) < 4.78 is 0. The van der Waals surface area contributed by atoms with Crippen LogP contribution in [0, 0.1) is 5.92 Å². The van der Waals surface area contributed by atoms with E-state index < -0.39 is 0 Å². The van der Waals surface area contributed by atoms with Crippen LogP contribution in [0.4, 0.5) is 0 Å². The number of hydrogen-bond donors (Lipinski definition) is 0. The third-order valence-electron chi connectivity index (χ3n) is 2.95.